The molecule has 0 aliphatic carbocycles. The molecule has 2 amide bonds. The van der Waals surface area contributed by atoms with Crippen LogP contribution in [0.1, 0.15) is 18.9 Å². The van der Waals surface area contributed by atoms with Crippen LogP contribution in [0.15, 0.2) is 30.3 Å². The highest BCUT2D eigenvalue weighted by atomic mass is 16.5. The zero-order chi connectivity index (χ0) is 17.5. The van der Waals surface area contributed by atoms with Crippen LogP contribution in [0.5, 0.6) is 0 Å². The Kier molecular flexibility index (Phi) is 6.61. The van der Waals surface area contributed by atoms with Gasteiger partial charge >= 0.3 is 12.0 Å². The van der Waals surface area contributed by atoms with Crippen LogP contribution in [-0.2, 0) is 16.0 Å². The van der Waals surface area contributed by atoms with E-state index in [-0.39, 0.29) is 24.6 Å². The summed E-state index contributed by atoms with van der Waals surface area (Å²) in [4.78, 5) is 25.2. The minimum Gasteiger partial charge on any atom is -0.481 e. The predicted octanol–water partition coefficient (Wildman–Crippen LogP) is 2.00. The van der Waals surface area contributed by atoms with Crippen molar-refractivity contribution in [3.63, 3.8) is 0 Å². The van der Waals surface area contributed by atoms with Crippen molar-refractivity contribution >= 4 is 12.0 Å². The van der Waals surface area contributed by atoms with Crippen LogP contribution >= 0.6 is 0 Å². The number of amides is 2. The Morgan fingerprint density at radius 1 is 1.33 bits per heavy atom. The van der Waals surface area contributed by atoms with Crippen molar-refractivity contribution in [1.82, 2.24) is 10.2 Å². The van der Waals surface area contributed by atoms with Gasteiger partial charge in [0.2, 0.25) is 0 Å². The molecule has 2 N–H and O–H groups in total. The van der Waals surface area contributed by atoms with Crippen LogP contribution in [0.4, 0.5) is 4.79 Å². The smallest absolute Gasteiger partial charge is 0.317 e. The van der Waals surface area contributed by atoms with E-state index < -0.39 is 11.9 Å². The maximum Gasteiger partial charge on any atom is 0.317 e. The van der Waals surface area contributed by atoms with Crippen LogP contribution in [0, 0.1) is 11.8 Å². The van der Waals surface area contributed by atoms with Gasteiger partial charge in [0, 0.05) is 33.2 Å². The summed E-state index contributed by atoms with van der Waals surface area (Å²) in [5.74, 6) is -1.13. The van der Waals surface area contributed by atoms with E-state index in [2.05, 4.69) is 5.32 Å². The Bertz CT molecular complexity index is 549. The molecule has 0 bridgehead atoms. The third kappa shape index (κ3) is 5.23. The fraction of sp³-hybridized carbons (Fsp3) is 0.556. The topological polar surface area (TPSA) is 78.9 Å². The molecule has 3 atom stereocenters. The van der Waals surface area contributed by atoms with Crippen LogP contribution in [0.2, 0.25) is 0 Å². The van der Waals surface area contributed by atoms with E-state index in [9.17, 15) is 14.7 Å². The Labute approximate surface area is 142 Å². The summed E-state index contributed by atoms with van der Waals surface area (Å²) in [6.07, 6.45) is 1.22. The lowest BCUT2D eigenvalue weighted by Crippen LogP contribution is -2.50. The van der Waals surface area contributed by atoms with E-state index in [4.69, 9.17) is 4.74 Å². The van der Waals surface area contributed by atoms with Crippen molar-refractivity contribution in [3.05, 3.63) is 35.9 Å². The van der Waals surface area contributed by atoms with Crippen molar-refractivity contribution in [2.75, 3.05) is 26.7 Å². The molecule has 0 aromatic heterocycles. The van der Waals surface area contributed by atoms with E-state index in [0.717, 1.165) is 5.56 Å². The molecule has 1 aliphatic rings. The Hall–Kier alpha value is -2.08. The van der Waals surface area contributed by atoms with Crippen LogP contribution < -0.4 is 5.32 Å². The molecule has 2 rings (SSSR count). The Morgan fingerprint density at radius 2 is 2.04 bits per heavy atom. The highest BCUT2D eigenvalue weighted by Gasteiger charge is 2.31. The second kappa shape index (κ2) is 8.68. The van der Waals surface area contributed by atoms with Crippen LogP contribution in [0.3, 0.4) is 0 Å². The third-order valence-corrected chi connectivity index (χ3v) is 4.42. The quantitative estimate of drug-likeness (QED) is 0.834. The third-order valence-electron chi connectivity index (χ3n) is 4.42. The molecule has 6 nitrogen and oxygen atoms in total. The number of hydrogen-bond donors (Lipinski definition) is 2. The van der Waals surface area contributed by atoms with Gasteiger partial charge in [-0.25, -0.2) is 4.79 Å². The zero-order valence-electron chi connectivity index (χ0n) is 14.3. The molecule has 0 spiro atoms. The number of carboxylic acids is 1. The number of carbonyl (C=O) groups excluding carboxylic acids is 1. The summed E-state index contributed by atoms with van der Waals surface area (Å²) in [5, 5.41) is 12.1. The minimum atomic E-state index is -0.835. The van der Waals surface area contributed by atoms with E-state index in [1.54, 1.807) is 12.0 Å². The summed E-state index contributed by atoms with van der Waals surface area (Å²) >= 11 is 0. The van der Waals surface area contributed by atoms with Gasteiger partial charge in [-0.05, 0) is 17.9 Å². The van der Waals surface area contributed by atoms with Gasteiger partial charge in [0.25, 0.3) is 0 Å². The number of methoxy groups -OCH3 is 1. The zero-order valence-corrected chi connectivity index (χ0v) is 14.3. The number of aliphatic carboxylic acids is 1. The molecule has 3 unspecified atom stereocenters. The molecule has 1 aliphatic heterocycles. The molecule has 1 fully saturated rings. The van der Waals surface area contributed by atoms with Gasteiger partial charge in [0.05, 0.1) is 12.0 Å². The van der Waals surface area contributed by atoms with Gasteiger partial charge < -0.3 is 20.1 Å². The summed E-state index contributed by atoms with van der Waals surface area (Å²) < 4.78 is 5.45. The first-order valence-electron chi connectivity index (χ1n) is 8.32. The predicted molar refractivity (Wildman–Crippen MR) is 90.8 cm³/mol. The molecule has 6 heteroatoms. The summed E-state index contributed by atoms with van der Waals surface area (Å²) in [5.41, 5.74) is 1.15. The first-order valence-corrected chi connectivity index (χ1v) is 8.32. The number of benzene rings is 1. The van der Waals surface area contributed by atoms with Crippen molar-refractivity contribution in [3.8, 4) is 0 Å². The van der Waals surface area contributed by atoms with Crippen molar-refractivity contribution in [1.29, 1.82) is 0 Å². The molecule has 24 heavy (non-hydrogen) atoms. The van der Waals surface area contributed by atoms with Gasteiger partial charge in [-0.2, -0.15) is 0 Å². The Morgan fingerprint density at radius 3 is 2.67 bits per heavy atom. The molecule has 1 aromatic rings. The lowest BCUT2D eigenvalue weighted by atomic mass is 9.91. The number of ether oxygens (including phenoxy) is 1. The minimum absolute atomic E-state index is 0.117. The van der Waals surface area contributed by atoms with E-state index in [1.807, 2.05) is 37.3 Å². The van der Waals surface area contributed by atoms with Gasteiger partial charge in [-0.1, -0.05) is 37.3 Å². The van der Waals surface area contributed by atoms with Gasteiger partial charge in [-0.3, -0.25) is 4.79 Å². The maximum absolute atomic E-state index is 12.4. The summed E-state index contributed by atoms with van der Waals surface area (Å²) in [6, 6.07) is 9.74. The molecule has 0 radical (unpaired) electrons. The fourth-order valence-electron chi connectivity index (χ4n) is 3.13. The van der Waals surface area contributed by atoms with E-state index in [0.29, 0.717) is 25.9 Å². The van der Waals surface area contributed by atoms with Crippen molar-refractivity contribution in [2.24, 2.45) is 11.8 Å². The molecular formula is C18H26N2O4. The molecule has 132 valence electrons. The number of rotatable bonds is 6. The number of hydrogen-bond acceptors (Lipinski definition) is 3. The molecular weight excluding hydrogens is 308 g/mol. The fourth-order valence-corrected chi connectivity index (χ4v) is 3.13. The van der Waals surface area contributed by atoms with Crippen LogP contribution in [-0.4, -0.2) is 54.9 Å². The SMILES string of the molecule is COC(CNC(=O)N1CC(C)CC(C(=O)O)C1)Cc1ccccc1. The maximum atomic E-state index is 12.4. The second-order valence-corrected chi connectivity index (χ2v) is 6.51. The highest BCUT2D eigenvalue weighted by Crippen LogP contribution is 2.21. The lowest BCUT2D eigenvalue weighted by molar-refractivity contribution is -0.143. The number of piperidine rings is 1. The molecule has 0 saturated carbocycles. The van der Waals surface area contributed by atoms with Crippen molar-refractivity contribution < 1.29 is 19.4 Å². The largest absolute Gasteiger partial charge is 0.481 e. The average Bonchev–Trinajstić information content (AvgIpc) is 2.58. The summed E-state index contributed by atoms with van der Waals surface area (Å²) in [7, 11) is 1.63. The summed E-state index contributed by atoms with van der Waals surface area (Å²) in [6.45, 7) is 3.23. The van der Waals surface area contributed by atoms with Gasteiger partial charge in [0.1, 0.15) is 0 Å². The number of nitrogens with zero attached hydrogens (tertiary/aromatic N) is 1. The van der Waals surface area contributed by atoms with Gasteiger partial charge in [-0.15, -0.1) is 0 Å². The van der Waals surface area contributed by atoms with Gasteiger partial charge in [0.15, 0.2) is 0 Å². The molecule has 1 heterocycles. The highest BCUT2D eigenvalue weighted by molar-refractivity contribution is 5.76. The Balaban J connectivity index is 1.85. The average molecular weight is 334 g/mol. The number of likely N-dealkylation sites (tertiary alicyclic amines) is 1. The lowest BCUT2D eigenvalue weighted by Gasteiger charge is -2.34. The van der Waals surface area contributed by atoms with E-state index in [1.165, 1.54) is 0 Å². The van der Waals surface area contributed by atoms with E-state index >= 15 is 0 Å². The van der Waals surface area contributed by atoms with Crippen molar-refractivity contribution in [2.45, 2.75) is 25.9 Å². The number of carboxylic acid groups (broad SMARTS) is 1. The monoisotopic (exact) mass is 334 g/mol. The number of urea groups is 1. The number of nitrogens with one attached hydrogen (secondary N) is 1. The normalized spacial score (nSPS) is 22.0. The van der Waals surface area contributed by atoms with Crippen LogP contribution in [0.25, 0.3) is 0 Å². The standard InChI is InChI=1S/C18H26N2O4/c1-13-8-15(17(21)22)12-20(11-13)18(23)19-10-16(24-2)9-14-6-4-3-5-7-14/h3-7,13,15-16H,8-12H2,1-2H3,(H,19,23)(H,21,22). The number of carbonyl (C=O) groups is 2. The second-order valence-electron chi connectivity index (χ2n) is 6.51. The molecule has 1 aromatic carbocycles. The first kappa shape index (κ1) is 18.3. The first-order chi connectivity index (χ1) is 11.5. The molecule has 1 saturated heterocycles.